The molecule has 0 spiro atoms. The lowest BCUT2D eigenvalue weighted by Crippen LogP contribution is -2.08. The highest BCUT2D eigenvalue weighted by Crippen LogP contribution is 2.17. The van der Waals surface area contributed by atoms with Crippen molar-refractivity contribution < 1.29 is 4.84 Å². The van der Waals surface area contributed by atoms with Gasteiger partial charge in [0.05, 0.1) is 0 Å². The third kappa shape index (κ3) is 5.97. The molecule has 0 aliphatic rings. The Morgan fingerprint density at radius 2 is 2.00 bits per heavy atom. The zero-order valence-corrected chi connectivity index (χ0v) is 10.5. The Hall–Kier alpha value is -0.183. The summed E-state index contributed by atoms with van der Waals surface area (Å²) in [5.41, 5.74) is 0.765. The normalized spacial score (nSPS) is 14.3. The summed E-state index contributed by atoms with van der Waals surface area (Å²) in [6.45, 7) is 6.79. The van der Waals surface area contributed by atoms with Crippen LogP contribution in [0.3, 0.4) is 0 Å². The molecule has 0 aromatic carbocycles. The molecule has 0 N–H and O–H groups in total. The van der Waals surface area contributed by atoms with E-state index in [0.717, 1.165) is 5.54 Å². The van der Waals surface area contributed by atoms with E-state index in [0.29, 0.717) is 0 Å². The van der Waals surface area contributed by atoms with Crippen LogP contribution in [0.1, 0.15) is 46.5 Å². The van der Waals surface area contributed by atoms with Crippen LogP contribution in [0.25, 0.3) is 0 Å². The molecule has 0 aliphatic heterocycles. The van der Waals surface area contributed by atoms with Crippen LogP contribution in [0.5, 0.6) is 0 Å². The standard InChI is InChI=1S/C10H23NOSi/c1-5-7-9-13(11-12-4)10(3)8-6-2/h10H,5-9H2,1-4H3. The molecular weight excluding hydrogens is 178 g/mol. The van der Waals surface area contributed by atoms with E-state index >= 15 is 0 Å². The van der Waals surface area contributed by atoms with Crippen molar-refractivity contribution in [2.75, 3.05) is 7.11 Å². The quantitative estimate of drug-likeness (QED) is 0.453. The second-order valence-corrected chi connectivity index (χ2v) is 6.21. The maximum atomic E-state index is 4.94. The highest BCUT2D eigenvalue weighted by atomic mass is 28.2. The summed E-state index contributed by atoms with van der Waals surface area (Å²) in [7, 11) is 1.08. The van der Waals surface area contributed by atoms with Crippen molar-refractivity contribution in [2.24, 2.45) is 4.80 Å². The van der Waals surface area contributed by atoms with Gasteiger partial charge in [-0.1, -0.05) is 40.0 Å². The monoisotopic (exact) mass is 201 g/mol. The second kappa shape index (κ2) is 8.42. The van der Waals surface area contributed by atoms with Crippen molar-refractivity contribution in [2.45, 2.75) is 58.0 Å². The summed E-state index contributed by atoms with van der Waals surface area (Å²) in [5.74, 6) is 0. The Balaban J connectivity index is 3.99. The highest BCUT2D eigenvalue weighted by Gasteiger charge is 2.11. The summed E-state index contributed by atoms with van der Waals surface area (Å²) < 4.78 is 0. The molecule has 0 heterocycles. The molecular formula is C10H23NOSi. The fraction of sp³-hybridized carbons (Fsp3) is 1.00. The molecule has 0 rings (SSSR count). The van der Waals surface area contributed by atoms with Crippen LogP contribution < -0.4 is 0 Å². The molecule has 0 amide bonds. The second-order valence-electron chi connectivity index (χ2n) is 3.56. The van der Waals surface area contributed by atoms with Gasteiger partial charge in [0.15, 0.2) is 8.59 Å². The fourth-order valence-electron chi connectivity index (χ4n) is 1.46. The van der Waals surface area contributed by atoms with E-state index in [-0.39, 0.29) is 0 Å². The van der Waals surface area contributed by atoms with Gasteiger partial charge in [0.25, 0.3) is 0 Å². The molecule has 78 valence electrons. The van der Waals surface area contributed by atoms with Crippen LogP contribution >= 0.6 is 0 Å². The van der Waals surface area contributed by atoms with Gasteiger partial charge in [0, 0.05) is 0 Å². The first-order valence-electron chi connectivity index (χ1n) is 5.36. The van der Waals surface area contributed by atoms with Gasteiger partial charge in [-0.25, -0.2) is 0 Å². The molecule has 0 radical (unpaired) electrons. The van der Waals surface area contributed by atoms with Gasteiger partial charge in [0.2, 0.25) is 0 Å². The first-order chi connectivity index (χ1) is 6.26. The number of hydrogen-bond acceptors (Lipinski definition) is 2. The molecule has 3 heteroatoms. The molecule has 1 atom stereocenters. The van der Waals surface area contributed by atoms with Gasteiger partial charge < -0.3 is 4.84 Å². The molecule has 0 fully saturated rings. The van der Waals surface area contributed by atoms with Crippen LogP contribution in [0.2, 0.25) is 11.6 Å². The summed E-state index contributed by atoms with van der Waals surface area (Å²) in [5, 5.41) is 0. The molecule has 0 bridgehead atoms. The lowest BCUT2D eigenvalue weighted by atomic mass is 10.3. The third-order valence-corrected chi connectivity index (χ3v) is 4.99. The van der Waals surface area contributed by atoms with E-state index in [4.69, 9.17) is 4.84 Å². The Morgan fingerprint density at radius 3 is 2.46 bits per heavy atom. The van der Waals surface area contributed by atoms with Crippen molar-refractivity contribution in [1.29, 1.82) is 0 Å². The lowest BCUT2D eigenvalue weighted by Gasteiger charge is -2.10. The maximum absolute atomic E-state index is 4.94. The van der Waals surface area contributed by atoms with Gasteiger partial charge in [-0.3, -0.25) is 0 Å². The third-order valence-electron chi connectivity index (χ3n) is 2.29. The van der Waals surface area contributed by atoms with Gasteiger partial charge in [-0.05, 0) is 18.0 Å². The van der Waals surface area contributed by atoms with Crippen LogP contribution in [0.4, 0.5) is 0 Å². The summed E-state index contributed by atoms with van der Waals surface area (Å²) in [4.78, 5) is 9.22. The van der Waals surface area contributed by atoms with E-state index in [1.807, 2.05) is 0 Å². The molecule has 1 unspecified atom stereocenters. The first kappa shape index (κ1) is 12.8. The van der Waals surface area contributed by atoms with Gasteiger partial charge >= 0.3 is 0 Å². The average Bonchev–Trinajstić information content (AvgIpc) is 2.12. The lowest BCUT2D eigenvalue weighted by molar-refractivity contribution is 0.215. The van der Waals surface area contributed by atoms with E-state index < -0.39 is 8.59 Å². The zero-order chi connectivity index (χ0) is 10.1. The first-order valence-corrected chi connectivity index (χ1v) is 7.09. The number of unbranched alkanes of at least 4 members (excludes halogenated alkanes) is 1. The van der Waals surface area contributed by atoms with E-state index in [9.17, 15) is 0 Å². The molecule has 0 aliphatic carbocycles. The fourth-order valence-corrected chi connectivity index (χ4v) is 3.79. The minimum absolute atomic E-state index is 0.596. The Bertz CT molecular complexity index is 148. The van der Waals surface area contributed by atoms with Crippen LogP contribution in [-0.2, 0) is 4.84 Å². The minimum Gasteiger partial charge on any atom is -0.410 e. The van der Waals surface area contributed by atoms with Crippen LogP contribution in [0.15, 0.2) is 4.80 Å². The zero-order valence-electron chi connectivity index (χ0n) is 9.47. The Labute approximate surface area is 84.0 Å². The summed E-state index contributed by atoms with van der Waals surface area (Å²) >= 11 is 0. The largest absolute Gasteiger partial charge is 0.410 e. The van der Waals surface area contributed by atoms with Crippen molar-refractivity contribution in [3.63, 3.8) is 0 Å². The molecule has 0 saturated carbocycles. The predicted octanol–water partition coefficient (Wildman–Crippen LogP) is 3.80. The molecule has 2 nitrogen and oxygen atoms in total. The smallest absolute Gasteiger partial charge is 0.183 e. The van der Waals surface area contributed by atoms with Crippen LogP contribution in [-0.4, -0.2) is 15.7 Å². The minimum atomic E-state index is -0.596. The van der Waals surface area contributed by atoms with Gasteiger partial charge in [0.1, 0.15) is 7.11 Å². The van der Waals surface area contributed by atoms with E-state index in [1.54, 1.807) is 7.11 Å². The van der Waals surface area contributed by atoms with Crippen molar-refractivity contribution in [3.8, 4) is 0 Å². The maximum Gasteiger partial charge on any atom is 0.183 e. The van der Waals surface area contributed by atoms with Gasteiger partial charge in [-0.2, -0.15) is 4.80 Å². The van der Waals surface area contributed by atoms with E-state index in [2.05, 4.69) is 25.6 Å². The summed E-state index contributed by atoms with van der Waals surface area (Å²) in [6, 6.07) is 1.27. The van der Waals surface area contributed by atoms with Crippen molar-refractivity contribution >= 4 is 8.59 Å². The van der Waals surface area contributed by atoms with E-state index in [1.165, 1.54) is 31.7 Å². The number of nitrogens with zero attached hydrogens (tertiary/aromatic N) is 1. The predicted molar refractivity (Wildman–Crippen MR) is 59.2 cm³/mol. The molecule has 0 saturated heterocycles. The SMILES string of the molecule is CCCC[Si](=NOC)C(C)CCC. The molecule has 13 heavy (non-hydrogen) atoms. The summed E-state index contributed by atoms with van der Waals surface area (Å²) in [6.07, 6.45) is 5.13. The number of hydrogen-bond donors (Lipinski definition) is 0. The van der Waals surface area contributed by atoms with Crippen molar-refractivity contribution in [1.82, 2.24) is 0 Å². The Morgan fingerprint density at radius 1 is 1.31 bits per heavy atom. The molecule has 0 aromatic heterocycles. The highest BCUT2D eigenvalue weighted by molar-refractivity contribution is 6.48. The average molecular weight is 201 g/mol. The van der Waals surface area contributed by atoms with Crippen molar-refractivity contribution in [3.05, 3.63) is 0 Å². The Kier molecular flexibility index (Phi) is 8.30. The number of rotatable bonds is 7. The molecule has 0 aromatic rings. The van der Waals surface area contributed by atoms with Gasteiger partial charge in [-0.15, -0.1) is 0 Å². The topological polar surface area (TPSA) is 21.6 Å². The van der Waals surface area contributed by atoms with Crippen LogP contribution in [0, 0.1) is 0 Å².